The maximum atomic E-state index is 6.01. The molecule has 2 aliphatic heterocycles. The maximum absolute atomic E-state index is 6.01. The average Bonchev–Trinajstić information content (AvgIpc) is 3.28. The van der Waals surface area contributed by atoms with E-state index < -0.39 is 0 Å². The van der Waals surface area contributed by atoms with Crippen molar-refractivity contribution in [1.29, 1.82) is 0 Å². The number of guanidine groups is 1. The molecule has 1 aromatic carbocycles. The molecule has 1 aromatic rings. The zero-order valence-electron chi connectivity index (χ0n) is 16.5. The molecule has 28 heavy (non-hydrogen) atoms. The van der Waals surface area contributed by atoms with Gasteiger partial charge in [-0.15, -0.1) is 24.0 Å². The van der Waals surface area contributed by atoms with Gasteiger partial charge in [0.25, 0.3) is 0 Å². The first-order valence-electron chi connectivity index (χ1n) is 10.2. The number of nitrogens with zero attached hydrogens (tertiary/aromatic N) is 2. The molecule has 2 heterocycles. The van der Waals surface area contributed by atoms with Crippen molar-refractivity contribution in [3.05, 3.63) is 34.3 Å². The highest BCUT2D eigenvalue weighted by molar-refractivity contribution is 14.0. The highest BCUT2D eigenvalue weighted by Crippen LogP contribution is 2.48. The summed E-state index contributed by atoms with van der Waals surface area (Å²) in [6.45, 7) is 7.21. The van der Waals surface area contributed by atoms with Gasteiger partial charge in [0.05, 0.1) is 19.3 Å². The minimum atomic E-state index is 0. The zero-order valence-corrected chi connectivity index (χ0v) is 20.4. The van der Waals surface area contributed by atoms with Crippen molar-refractivity contribution in [2.24, 2.45) is 4.99 Å². The maximum Gasteiger partial charge on any atom is 0.194 e. The van der Waals surface area contributed by atoms with Gasteiger partial charge in [0.2, 0.25) is 0 Å². The highest BCUT2D eigenvalue weighted by atomic mass is 127. The number of rotatable bonds is 5. The summed E-state index contributed by atoms with van der Waals surface area (Å²) in [5, 5.41) is 3.50. The van der Waals surface area contributed by atoms with Gasteiger partial charge in [0, 0.05) is 36.1 Å². The SMILES string of the molecule is CCNC(=NCC1(c2cccc(Br)c2)CC1)N1CCOC(C2CCCO2)C1.I. The van der Waals surface area contributed by atoms with E-state index in [1.165, 1.54) is 18.4 Å². The van der Waals surface area contributed by atoms with Crippen LogP contribution in [-0.2, 0) is 14.9 Å². The van der Waals surface area contributed by atoms with Gasteiger partial charge in [0.1, 0.15) is 6.10 Å². The van der Waals surface area contributed by atoms with Gasteiger partial charge in [-0.2, -0.15) is 0 Å². The Morgan fingerprint density at radius 3 is 2.79 bits per heavy atom. The van der Waals surface area contributed by atoms with Crippen molar-refractivity contribution >= 4 is 45.9 Å². The predicted octanol–water partition coefficient (Wildman–Crippen LogP) is 3.94. The fraction of sp³-hybridized carbons (Fsp3) is 0.667. The van der Waals surface area contributed by atoms with Crippen LogP contribution in [0.15, 0.2) is 33.7 Å². The number of ether oxygens (including phenoxy) is 2. The smallest absolute Gasteiger partial charge is 0.194 e. The van der Waals surface area contributed by atoms with Gasteiger partial charge < -0.3 is 19.7 Å². The van der Waals surface area contributed by atoms with E-state index in [1.54, 1.807) is 0 Å². The fourth-order valence-corrected chi connectivity index (χ4v) is 4.55. The number of aliphatic imine (C=N–C) groups is 1. The lowest BCUT2D eigenvalue weighted by Crippen LogP contribution is -2.53. The van der Waals surface area contributed by atoms with Crippen molar-refractivity contribution in [1.82, 2.24) is 10.2 Å². The summed E-state index contributed by atoms with van der Waals surface area (Å²) in [4.78, 5) is 7.42. The Morgan fingerprint density at radius 1 is 1.29 bits per heavy atom. The Morgan fingerprint density at radius 2 is 2.11 bits per heavy atom. The standard InChI is InChI=1S/C21H30BrN3O2.HI/c1-2-23-20(25-10-12-27-19(14-25)18-7-4-11-26-18)24-15-21(8-9-21)16-5-3-6-17(22)13-16;/h3,5-6,13,18-19H,2,4,7-12,14-15H2,1H3,(H,23,24);1H. The van der Waals surface area contributed by atoms with E-state index in [0.717, 1.165) is 62.7 Å². The average molecular weight is 564 g/mol. The topological polar surface area (TPSA) is 46.1 Å². The lowest BCUT2D eigenvalue weighted by Gasteiger charge is -2.37. The number of morpholine rings is 1. The van der Waals surface area contributed by atoms with Crippen LogP contribution in [0.2, 0.25) is 0 Å². The summed E-state index contributed by atoms with van der Waals surface area (Å²) in [6.07, 6.45) is 5.09. The summed E-state index contributed by atoms with van der Waals surface area (Å²) in [7, 11) is 0. The second-order valence-electron chi connectivity index (χ2n) is 7.87. The molecule has 0 amide bonds. The minimum Gasteiger partial charge on any atom is -0.375 e. The Labute approximate surface area is 193 Å². The van der Waals surface area contributed by atoms with Crippen LogP contribution < -0.4 is 5.32 Å². The molecule has 1 saturated carbocycles. The van der Waals surface area contributed by atoms with Gasteiger partial charge in [0.15, 0.2) is 5.96 Å². The number of nitrogens with one attached hydrogen (secondary N) is 1. The molecule has 7 heteroatoms. The monoisotopic (exact) mass is 563 g/mol. The van der Waals surface area contributed by atoms with Gasteiger partial charge in [-0.25, -0.2) is 0 Å². The Kier molecular flexibility index (Phi) is 8.04. The number of benzene rings is 1. The van der Waals surface area contributed by atoms with Crippen molar-refractivity contribution < 1.29 is 9.47 Å². The van der Waals surface area contributed by atoms with E-state index in [4.69, 9.17) is 14.5 Å². The number of halogens is 2. The van der Waals surface area contributed by atoms with Crippen LogP contribution in [0.3, 0.4) is 0 Å². The van der Waals surface area contributed by atoms with Gasteiger partial charge in [-0.05, 0) is 50.3 Å². The molecule has 0 bridgehead atoms. The van der Waals surface area contributed by atoms with Crippen LogP contribution >= 0.6 is 39.9 Å². The lowest BCUT2D eigenvalue weighted by atomic mass is 9.96. The summed E-state index contributed by atoms with van der Waals surface area (Å²) >= 11 is 3.61. The molecular weight excluding hydrogens is 533 g/mol. The molecule has 5 nitrogen and oxygen atoms in total. The molecule has 0 spiro atoms. The Bertz CT molecular complexity index is 677. The van der Waals surface area contributed by atoms with Gasteiger partial charge in [-0.3, -0.25) is 4.99 Å². The first-order valence-corrected chi connectivity index (χ1v) is 11.0. The predicted molar refractivity (Wildman–Crippen MR) is 127 cm³/mol. The number of hydrogen-bond acceptors (Lipinski definition) is 3. The summed E-state index contributed by atoms with van der Waals surface area (Å²) in [5.74, 6) is 1.02. The molecular formula is C21H31BrIN3O2. The summed E-state index contributed by atoms with van der Waals surface area (Å²) < 4.78 is 13.0. The van der Waals surface area contributed by atoms with E-state index >= 15 is 0 Å². The quantitative estimate of drug-likeness (QED) is 0.335. The van der Waals surface area contributed by atoms with E-state index in [0.29, 0.717) is 0 Å². The molecule has 1 N–H and O–H groups in total. The molecule has 156 valence electrons. The second kappa shape index (κ2) is 10.1. The van der Waals surface area contributed by atoms with Gasteiger partial charge >= 0.3 is 0 Å². The van der Waals surface area contributed by atoms with Crippen LogP contribution in [0.4, 0.5) is 0 Å². The first kappa shape index (κ1) is 22.3. The molecule has 0 aromatic heterocycles. The number of hydrogen-bond donors (Lipinski definition) is 1. The van der Waals surface area contributed by atoms with Crippen molar-refractivity contribution in [3.63, 3.8) is 0 Å². The third kappa shape index (κ3) is 5.21. The molecule has 2 saturated heterocycles. The van der Waals surface area contributed by atoms with Crippen molar-refractivity contribution in [2.75, 3.05) is 39.4 Å². The van der Waals surface area contributed by atoms with Crippen LogP contribution in [0.25, 0.3) is 0 Å². The molecule has 2 atom stereocenters. The summed E-state index contributed by atoms with van der Waals surface area (Å²) in [5.41, 5.74) is 1.61. The van der Waals surface area contributed by atoms with Crippen LogP contribution in [0.5, 0.6) is 0 Å². The van der Waals surface area contributed by atoms with E-state index in [1.807, 2.05) is 0 Å². The molecule has 0 radical (unpaired) electrons. The largest absolute Gasteiger partial charge is 0.375 e. The Hall–Kier alpha value is -0.380. The third-order valence-electron chi connectivity index (χ3n) is 5.93. The van der Waals surface area contributed by atoms with Crippen LogP contribution in [0.1, 0.15) is 38.2 Å². The fourth-order valence-electron chi connectivity index (χ4n) is 4.15. The first-order chi connectivity index (χ1) is 13.2. The van der Waals surface area contributed by atoms with Gasteiger partial charge in [-0.1, -0.05) is 28.1 Å². The second-order valence-corrected chi connectivity index (χ2v) is 8.78. The molecule has 2 unspecified atom stereocenters. The van der Waals surface area contributed by atoms with Crippen LogP contribution in [0, 0.1) is 0 Å². The van der Waals surface area contributed by atoms with Crippen molar-refractivity contribution in [2.45, 2.75) is 50.2 Å². The van der Waals surface area contributed by atoms with E-state index in [-0.39, 0.29) is 41.6 Å². The van der Waals surface area contributed by atoms with E-state index in [9.17, 15) is 0 Å². The molecule has 3 fully saturated rings. The summed E-state index contributed by atoms with van der Waals surface area (Å²) in [6, 6.07) is 8.70. The molecule has 3 aliphatic rings. The molecule has 1 aliphatic carbocycles. The minimum absolute atomic E-state index is 0. The van der Waals surface area contributed by atoms with E-state index in [2.05, 4.69) is 57.3 Å². The normalized spacial score (nSPS) is 26.6. The lowest BCUT2D eigenvalue weighted by molar-refractivity contribution is -0.0817. The van der Waals surface area contributed by atoms with Crippen LogP contribution in [-0.4, -0.2) is 62.5 Å². The molecule has 4 rings (SSSR count). The Balaban J connectivity index is 0.00000225. The third-order valence-corrected chi connectivity index (χ3v) is 6.42. The highest BCUT2D eigenvalue weighted by Gasteiger charge is 2.44. The van der Waals surface area contributed by atoms with Crippen molar-refractivity contribution in [3.8, 4) is 0 Å². The zero-order chi connectivity index (χ0) is 18.7.